The van der Waals surface area contributed by atoms with Crippen molar-refractivity contribution in [1.82, 2.24) is 4.90 Å². The van der Waals surface area contributed by atoms with E-state index in [1.54, 1.807) is 4.90 Å². The number of sulfonamides is 1. The normalized spacial score (nSPS) is 14.9. The van der Waals surface area contributed by atoms with Gasteiger partial charge in [-0.25, -0.2) is 8.42 Å². The molecule has 0 aliphatic carbocycles. The molecule has 1 N–H and O–H groups in total. The minimum atomic E-state index is -5.13. The van der Waals surface area contributed by atoms with Gasteiger partial charge in [0.15, 0.2) is 0 Å². The predicted octanol–water partition coefficient (Wildman–Crippen LogP) is 5.65. The van der Waals surface area contributed by atoms with E-state index in [1.165, 1.54) is 16.8 Å². The van der Waals surface area contributed by atoms with Gasteiger partial charge in [-0.2, -0.15) is 26.3 Å². The van der Waals surface area contributed by atoms with Crippen LogP contribution in [0.5, 0.6) is 0 Å². The molecule has 38 heavy (non-hydrogen) atoms. The minimum Gasteiger partial charge on any atom is -0.378 e. The molecule has 1 aliphatic heterocycles. The standard InChI is InChI=1S/C24H20F6N2O4S2/c25-23(26,27)18-3-1-2-15(10-18)16-4-5-21(19(11-16)24(28,29)30)38(34,35)31-20-14-37-13-17(20)12-22(33)32-6-8-36-9-7-32/h1-5,10-11,13-14,31H,6-9,12H2. The van der Waals surface area contributed by atoms with E-state index in [9.17, 15) is 39.6 Å². The molecule has 0 spiro atoms. The summed E-state index contributed by atoms with van der Waals surface area (Å²) in [5, 5.41) is 2.89. The van der Waals surface area contributed by atoms with Crippen LogP contribution in [0.2, 0.25) is 0 Å². The van der Waals surface area contributed by atoms with Crippen LogP contribution in [0.1, 0.15) is 16.7 Å². The molecule has 1 aliphatic rings. The Morgan fingerprint density at radius 2 is 1.63 bits per heavy atom. The lowest BCUT2D eigenvalue weighted by Crippen LogP contribution is -2.41. The molecule has 0 bridgehead atoms. The van der Waals surface area contributed by atoms with E-state index >= 15 is 0 Å². The molecule has 204 valence electrons. The van der Waals surface area contributed by atoms with E-state index in [1.807, 2.05) is 0 Å². The van der Waals surface area contributed by atoms with Crippen molar-refractivity contribution >= 4 is 33.0 Å². The molecule has 0 atom stereocenters. The lowest BCUT2D eigenvalue weighted by Gasteiger charge is -2.27. The Balaban J connectivity index is 1.64. The van der Waals surface area contributed by atoms with Gasteiger partial charge in [0, 0.05) is 18.5 Å². The van der Waals surface area contributed by atoms with Gasteiger partial charge < -0.3 is 9.64 Å². The van der Waals surface area contributed by atoms with Crippen LogP contribution in [0.25, 0.3) is 11.1 Å². The Hall–Kier alpha value is -3.10. The molecule has 1 amide bonds. The summed E-state index contributed by atoms with van der Waals surface area (Å²) < 4.78 is 115. The van der Waals surface area contributed by atoms with Crippen molar-refractivity contribution in [2.75, 3.05) is 31.0 Å². The number of hydrogen-bond acceptors (Lipinski definition) is 5. The number of alkyl halides is 6. The fourth-order valence-electron chi connectivity index (χ4n) is 3.88. The Kier molecular flexibility index (Phi) is 7.77. The highest BCUT2D eigenvalue weighted by molar-refractivity contribution is 7.92. The van der Waals surface area contributed by atoms with Gasteiger partial charge in [-0.1, -0.05) is 18.2 Å². The smallest absolute Gasteiger partial charge is 0.378 e. The number of benzene rings is 2. The largest absolute Gasteiger partial charge is 0.417 e. The number of nitrogens with one attached hydrogen (secondary N) is 1. The van der Waals surface area contributed by atoms with E-state index in [4.69, 9.17) is 4.74 Å². The quantitative estimate of drug-likeness (QED) is 0.384. The maximum absolute atomic E-state index is 13.9. The molecule has 2 aromatic carbocycles. The highest BCUT2D eigenvalue weighted by Gasteiger charge is 2.38. The summed E-state index contributed by atoms with van der Waals surface area (Å²) in [6, 6.07) is 5.92. The van der Waals surface area contributed by atoms with Crippen molar-refractivity contribution in [3.8, 4) is 11.1 Å². The van der Waals surface area contributed by atoms with Gasteiger partial charge in [0.1, 0.15) is 0 Å². The second-order valence-corrected chi connectivity index (χ2v) is 10.8. The number of halogens is 6. The lowest BCUT2D eigenvalue weighted by molar-refractivity contribution is -0.140. The van der Waals surface area contributed by atoms with E-state index in [0.29, 0.717) is 50.1 Å². The Bertz CT molecular complexity index is 1430. The number of carbonyl (C=O) groups is 1. The third-order valence-electron chi connectivity index (χ3n) is 5.79. The van der Waals surface area contributed by atoms with Crippen LogP contribution in [0.3, 0.4) is 0 Å². The van der Waals surface area contributed by atoms with Gasteiger partial charge in [0.2, 0.25) is 5.91 Å². The molecule has 0 saturated carbocycles. The van der Waals surface area contributed by atoms with Crippen LogP contribution in [0.4, 0.5) is 32.0 Å². The second kappa shape index (κ2) is 10.6. The van der Waals surface area contributed by atoms with Gasteiger partial charge in [-0.3, -0.25) is 9.52 Å². The summed E-state index contributed by atoms with van der Waals surface area (Å²) in [7, 11) is -4.80. The molecule has 4 rings (SSSR count). The number of nitrogens with zero attached hydrogens (tertiary/aromatic N) is 1. The van der Waals surface area contributed by atoms with E-state index < -0.39 is 38.4 Å². The summed E-state index contributed by atoms with van der Waals surface area (Å²) in [6.07, 6.45) is -10.0. The molecular weight excluding hydrogens is 558 g/mol. The van der Waals surface area contributed by atoms with Crippen LogP contribution in [0.15, 0.2) is 58.1 Å². The van der Waals surface area contributed by atoms with Crippen molar-refractivity contribution in [2.24, 2.45) is 0 Å². The van der Waals surface area contributed by atoms with Crippen molar-refractivity contribution < 1.29 is 44.3 Å². The third-order valence-corrected chi connectivity index (χ3v) is 8.01. The summed E-state index contributed by atoms with van der Waals surface area (Å²) in [5.41, 5.74) is -2.74. The van der Waals surface area contributed by atoms with Crippen LogP contribution < -0.4 is 4.72 Å². The molecule has 1 aromatic heterocycles. The number of thiophene rings is 1. The molecule has 0 radical (unpaired) electrons. The van der Waals surface area contributed by atoms with Crippen molar-refractivity contribution in [3.63, 3.8) is 0 Å². The van der Waals surface area contributed by atoms with Gasteiger partial charge in [0.05, 0.1) is 41.3 Å². The molecule has 14 heteroatoms. The van der Waals surface area contributed by atoms with Crippen LogP contribution >= 0.6 is 11.3 Å². The van der Waals surface area contributed by atoms with E-state index in [0.717, 1.165) is 29.5 Å². The first-order valence-electron chi connectivity index (χ1n) is 11.1. The molecular formula is C24H20F6N2O4S2. The highest BCUT2D eigenvalue weighted by atomic mass is 32.2. The number of anilines is 1. The number of rotatable bonds is 6. The molecule has 3 aromatic rings. The van der Waals surface area contributed by atoms with Crippen LogP contribution in [-0.4, -0.2) is 45.5 Å². The minimum absolute atomic E-state index is 0.0355. The van der Waals surface area contributed by atoms with Gasteiger partial charge in [0.25, 0.3) is 10.0 Å². The fraction of sp³-hybridized carbons (Fsp3) is 0.292. The number of morpholine rings is 1. The number of ether oxygens (including phenoxy) is 1. The summed E-state index contributed by atoms with van der Waals surface area (Å²) in [4.78, 5) is 13.0. The second-order valence-electron chi connectivity index (χ2n) is 8.37. The maximum Gasteiger partial charge on any atom is 0.417 e. The summed E-state index contributed by atoms with van der Waals surface area (Å²) >= 11 is 1.07. The monoisotopic (exact) mass is 578 g/mol. The zero-order valence-electron chi connectivity index (χ0n) is 19.4. The first kappa shape index (κ1) is 27.9. The predicted molar refractivity (Wildman–Crippen MR) is 128 cm³/mol. The Morgan fingerprint density at radius 1 is 0.947 bits per heavy atom. The van der Waals surface area contributed by atoms with Crippen LogP contribution in [0, 0.1) is 0 Å². The van der Waals surface area contributed by atoms with Crippen LogP contribution in [-0.2, 0) is 38.3 Å². The maximum atomic E-state index is 13.9. The first-order valence-corrected chi connectivity index (χ1v) is 13.5. The SMILES string of the molecule is O=C(Cc1cscc1NS(=O)(=O)c1ccc(-c2cccc(C(F)(F)F)c2)cc1C(F)(F)F)N1CCOCC1. The van der Waals surface area contributed by atoms with Crippen molar-refractivity contribution in [1.29, 1.82) is 0 Å². The fourth-order valence-corrected chi connectivity index (χ4v) is 6.04. The summed E-state index contributed by atoms with van der Waals surface area (Å²) in [6.45, 7) is 1.48. The zero-order valence-corrected chi connectivity index (χ0v) is 21.0. The Morgan fingerprint density at radius 3 is 2.29 bits per heavy atom. The first-order chi connectivity index (χ1) is 17.8. The molecule has 6 nitrogen and oxygen atoms in total. The highest BCUT2D eigenvalue weighted by Crippen LogP contribution is 2.39. The molecule has 2 heterocycles. The summed E-state index contributed by atoms with van der Waals surface area (Å²) in [5.74, 6) is -0.284. The van der Waals surface area contributed by atoms with E-state index in [-0.39, 0.29) is 29.1 Å². The molecule has 0 unspecified atom stereocenters. The van der Waals surface area contributed by atoms with Gasteiger partial charge in [-0.05, 0) is 46.3 Å². The van der Waals surface area contributed by atoms with Crippen molar-refractivity contribution in [3.05, 3.63) is 69.9 Å². The van der Waals surface area contributed by atoms with E-state index in [2.05, 4.69) is 4.72 Å². The van der Waals surface area contributed by atoms with Crippen molar-refractivity contribution in [2.45, 2.75) is 23.7 Å². The number of hydrogen-bond donors (Lipinski definition) is 1. The average Bonchev–Trinajstić information content (AvgIpc) is 3.28. The lowest BCUT2D eigenvalue weighted by atomic mass is 10.0. The Labute approximate surface area is 217 Å². The topological polar surface area (TPSA) is 75.7 Å². The molecule has 1 fully saturated rings. The average molecular weight is 579 g/mol. The number of carbonyl (C=O) groups excluding carboxylic acids is 1. The third kappa shape index (κ3) is 6.30. The molecule has 1 saturated heterocycles. The van der Waals surface area contributed by atoms with Gasteiger partial charge >= 0.3 is 12.4 Å². The van der Waals surface area contributed by atoms with Gasteiger partial charge in [-0.15, -0.1) is 11.3 Å². The number of amides is 1. The zero-order chi connectivity index (χ0) is 27.7.